The molecule has 0 aliphatic heterocycles. The lowest BCUT2D eigenvalue weighted by Gasteiger charge is -2.29. The maximum atomic E-state index is 5.99. The summed E-state index contributed by atoms with van der Waals surface area (Å²) in [6, 6.07) is 2.11. The molecule has 0 aromatic carbocycles. The first-order valence-corrected chi connectivity index (χ1v) is 7.66. The molecule has 0 saturated heterocycles. The number of hydrogen-bond acceptors (Lipinski definition) is 4. The van der Waals surface area contributed by atoms with Gasteiger partial charge in [-0.25, -0.2) is 9.97 Å². The Balaban J connectivity index is 2.30. The number of nitrogens with zero attached hydrogens (tertiary/aromatic N) is 2. The lowest BCUT2D eigenvalue weighted by molar-refractivity contribution is 0.269. The smallest absolute Gasteiger partial charge is 0.225 e. The van der Waals surface area contributed by atoms with Gasteiger partial charge in [-0.3, -0.25) is 0 Å². The highest BCUT2D eigenvalue weighted by Gasteiger charge is 2.22. The summed E-state index contributed by atoms with van der Waals surface area (Å²) in [5, 5.41) is 4.80. The average molecular weight is 298 g/mol. The van der Waals surface area contributed by atoms with Crippen molar-refractivity contribution in [3.05, 3.63) is 16.2 Å². The highest BCUT2D eigenvalue weighted by Crippen LogP contribution is 2.31. The van der Waals surface area contributed by atoms with Crippen LogP contribution in [0.15, 0.2) is 6.07 Å². The Morgan fingerprint density at radius 1 is 1.37 bits per heavy atom. The van der Waals surface area contributed by atoms with E-state index in [0.717, 1.165) is 22.6 Å². The molecule has 2 aromatic rings. The zero-order chi connectivity index (χ0) is 14.2. The fraction of sp³-hybridized carbons (Fsp3) is 0.571. The van der Waals surface area contributed by atoms with Crippen LogP contribution in [0.2, 0.25) is 5.28 Å². The van der Waals surface area contributed by atoms with Gasteiger partial charge in [-0.15, -0.1) is 11.3 Å². The van der Waals surface area contributed by atoms with Crippen molar-refractivity contribution in [2.24, 2.45) is 11.3 Å². The van der Waals surface area contributed by atoms with Crippen LogP contribution in [0.1, 0.15) is 32.6 Å². The van der Waals surface area contributed by atoms with Gasteiger partial charge in [0.1, 0.15) is 10.6 Å². The van der Waals surface area contributed by atoms with E-state index in [2.05, 4.69) is 56.0 Å². The monoisotopic (exact) mass is 297 g/mol. The summed E-state index contributed by atoms with van der Waals surface area (Å²) < 4.78 is 0. The zero-order valence-electron chi connectivity index (χ0n) is 12.0. The highest BCUT2D eigenvalue weighted by molar-refractivity contribution is 7.18. The van der Waals surface area contributed by atoms with Crippen molar-refractivity contribution in [3.8, 4) is 0 Å². The van der Waals surface area contributed by atoms with Crippen molar-refractivity contribution in [3.63, 3.8) is 0 Å². The first kappa shape index (κ1) is 14.5. The van der Waals surface area contributed by atoms with E-state index in [9.17, 15) is 0 Å². The third kappa shape index (κ3) is 3.18. The van der Waals surface area contributed by atoms with E-state index in [-0.39, 0.29) is 5.41 Å². The molecule has 0 aliphatic carbocycles. The van der Waals surface area contributed by atoms with Crippen LogP contribution in [0.4, 0.5) is 5.82 Å². The van der Waals surface area contributed by atoms with Gasteiger partial charge in [0.2, 0.25) is 5.28 Å². The molecule has 0 amide bonds. The molecule has 0 fully saturated rings. The second-order valence-electron chi connectivity index (χ2n) is 5.91. The molecule has 5 heteroatoms. The molecular weight excluding hydrogens is 278 g/mol. The number of aromatic nitrogens is 2. The van der Waals surface area contributed by atoms with E-state index >= 15 is 0 Å². The van der Waals surface area contributed by atoms with Crippen molar-refractivity contribution in [2.75, 3.05) is 11.9 Å². The first-order chi connectivity index (χ1) is 8.79. The largest absolute Gasteiger partial charge is 0.369 e. The van der Waals surface area contributed by atoms with Crippen LogP contribution in [-0.4, -0.2) is 16.5 Å². The molecule has 2 rings (SSSR count). The third-order valence-corrected chi connectivity index (χ3v) is 4.88. The Bertz CT molecular complexity index is 590. The first-order valence-electron chi connectivity index (χ1n) is 6.47. The van der Waals surface area contributed by atoms with Crippen LogP contribution in [0.3, 0.4) is 0 Å². The zero-order valence-corrected chi connectivity index (χ0v) is 13.6. The molecular formula is C14H20ClN3S. The van der Waals surface area contributed by atoms with Gasteiger partial charge in [-0.2, -0.15) is 0 Å². The molecule has 0 unspecified atom stereocenters. The number of thiophene rings is 1. The molecule has 104 valence electrons. The predicted molar refractivity (Wildman–Crippen MR) is 84.3 cm³/mol. The van der Waals surface area contributed by atoms with Crippen LogP contribution in [-0.2, 0) is 0 Å². The molecule has 0 atom stereocenters. The third-order valence-electron chi connectivity index (χ3n) is 3.76. The van der Waals surface area contributed by atoms with E-state index in [4.69, 9.17) is 11.6 Å². The fourth-order valence-corrected chi connectivity index (χ4v) is 2.76. The summed E-state index contributed by atoms with van der Waals surface area (Å²) in [6.45, 7) is 11.9. The maximum absolute atomic E-state index is 5.99. The second kappa shape index (κ2) is 5.25. The summed E-state index contributed by atoms with van der Waals surface area (Å²) in [5.74, 6) is 1.44. The van der Waals surface area contributed by atoms with Crippen molar-refractivity contribution < 1.29 is 0 Å². The Hall–Kier alpha value is -0.870. The van der Waals surface area contributed by atoms with E-state index in [1.165, 1.54) is 4.88 Å². The number of aryl methyl sites for hydroxylation is 1. The molecule has 2 aromatic heterocycles. The molecule has 0 saturated carbocycles. The molecule has 1 N–H and O–H groups in total. The summed E-state index contributed by atoms with van der Waals surface area (Å²) >= 11 is 7.63. The van der Waals surface area contributed by atoms with E-state index in [0.29, 0.717) is 11.2 Å². The van der Waals surface area contributed by atoms with Crippen molar-refractivity contribution in [1.82, 2.24) is 9.97 Å². The number of anilines is 1. The summed E-state index contributed by atoms with van der Waals surface area (Å²) in [6.07, 6.45) is 0. The van der Waals surface area contributed by atoms with Gasteiger partial charge in [0, 0.05) is 11.4 Å². The Kier molecular flexibility index (Phi) is 4.02. The number of hydrogen-bond donors (Lipinski definition) is 1. The van der Waals surface area contributed by atoms with Gasteiger partial charge in [0.05, 0.1) is 5.39 Å². The van der Waals surface area contributed by atoms with Crippen molar-refractivity contribution in [2.45, 2.75) is 34.6 Å². The maximum Gasteiger partial charge on any atom is 0.225 e. The van der Waals surface area contributed by atoms with Gasteiger partial charge in [0.15, 0.2) is 0 Å². The van der Waals surface area contributed by atoms with Gasteiger partial charge in [-0.05, 0) is 35.9 Å². The fourth-order valence-electron chi connectivity index (χ4n) is 1.67. The standard InChI is InChI=1S/C14H20ClN3S/c1-8(2)14(4,5)7-16-11-10-6-9(3)19-12(10)18-13(15)17-11/h6,8H,7H2,1-5H3,(H,16,17,18). The number of halogens is 1. The Morgan fingerprint density at radius 3 is 2.68 bits per heavy atom. The van der Waals surface area contributed by atoms with E-state index in [1.54, 1.807) is 11.3 Å². The summed E-state index contributed by atoms with van der Waals surface area (Å²) in [5.41, 5.74) is 0.203. The molecule has 0 radical (unpaired) electrons. The molecule has 2 heterocycles. The van der Waals surface area contributed by atoms with E-state index in [1.807, 2.05) is 0 Å². The molecule has 3 nitrogen and oxygen atoms in total. The number of fused-ring (bicyclic) bond motifs is 1. The molecule has 0 aliphatic rings. The van der Waals surface area contributed by atoms with Gasteiger partial charge < -0.3 is 5.32 Å². The topological polar surface area (TPSA) is 37.8 Å². The lowest BCUT2D eigenvalue weighted by Crippen LogP contribution is -2.28. The SMILES string of the molecule is Cc1cc2c(NCC(C)(C)C(C)C)nc(Cl)nc2s1. The van der Waals surface area contributed by atoms with Crippen LogP contribution >= 0.6 is 22.9 Å². The normalized spacial score (nSPS) is 12.4. The van der Waals surface area contributed by atoms with Crippen LogP contribution in [0.5, 0.6) is 0 Å². The molecule has 19 heavy (non-hydrogen) atoms. The van der Waals surface area contributed by atoms with Gasteiger partial charge >= 0.3 is 0 Å². The van der Waals surface area contributed by atoms with Gasteiger partial charge in [-0.1, -0.05) is 27.7 Å². The molecule has 0 spiro atoms. The lowest BCUT2D eigenvalue weighted by atomic mass is 9.81. The number of rotatable bonds is 4. The van der Waals surface area contributed by atoms with Crippen molar-refractivity contribution in [1.29, 1.82) is 0 Å². The number of nitrogens with one attached hydrogen (secondary N) is 1. The Morgan fingerprint density at radius 2 is 2.05 bits per heavy atom. The Labute approximate surface area is 123 Å². The quantitative estimate of drug-likeness (QED) is 0.828. The summed E-state index contributed by atoms with van der Waals surface area (Å²) in [7, 11) is 0. The van der Waals surface area contributed by atoms with Crippen LogP contribution in [0.25, 0.3) is 10.2 Å². The average Bonchev–Trinajstić information content (AvgIpc) is 2.66. The van der Waals surface area contributed by atoms with Crippen molar-refractivity contribution >= 4 is 39.0 Å². The van der Waals surface area contributed by atoms with Gasteiger partial charge in [0.25, 0.3) is 0 Å². The summed E-state index contributed by atoms with van der Waals surface area (Å²) in [4.78, 5) is 10.8. The highest BCUT2D eigenvalue weighted by atomic mass is 35.5. The molecule has 0 bridgehead atoms. The minimum Gasteiger partial charge on any atom is -0.369 e. The predicted octanol–water partition coefficient (Wildman–Crippen LogP) is 4.75. The van der Waals surface area contributed by atoms with Crippen LogP contribution < -0.4 is 5.32 Å². The van der Waals surface area contributed by atoms with E-state index < -0.39 is 0 Å². The van der Waals surface area contributed by atoms with Crippen LogP contribution in [0, 0.1) is 18.3 Å². The minimum absolute atomic E-state index is 0.203. The second-order valence-corrected chi connectivity index (χ2v) is 7.49. The minimum atomic E-state index is 0.203.